The molecule has 3 atom stereocenters. The molecule has 2 nitrogen and oxygen atoms in total. The van der Waals surface area contributed by atoms with Gasteiger partial charge in [0.15, 0.2) is 0 Å². The van der Waals surface area contributed by atoms with Gasteiger partial charge in [0, 0.05) is 24.7 Å². The third-order valence-corrected chi connectivity index (χ3v) is 2.87. The van der Waals surface area contributed by atoms with Crippen LogP contribution in [-0.4, -0.2) is 29.6 Å². The topological polar surface area (TPSA) is 29.3 Å². The van der Waals surface area contributed by atoms with E-state index >= 15 is 0 Å². The van der Waals surface area contributed by atoms with Crippen molar-refractivity contribution in [2.24, 2.45) is 5.73 Å². The zero-order valence-corrected chi connectivity index (χ0v) is 8.59. The van der Waals surface area contributed by atoms with E-state index in [1.807, 2.05) is 0 Å². The van der Waals surface area contributed by atoms with Crippen molar-refractivity contribution in [2.75, 3.05) is 6.54 Å². The van der Waals surface area contributed by atoms with Gasteiger partial charge in [-0.1, -0.05) is 6.42 Å². The lowest BCUT2D eigenvalue weighted by Crippen LogP contribution is -2.48. The second-order valence-corrected chi connectivity index (χ2v) is 4.30. The minimum Gasteiger partial charge on any atom is -0.327 e. The van der Waals surface area contributed by atoms with Crippen LogP contribution in [0.5, 0.6) is 0 Å². The monoisotopic (exact) mass is 170 g/mol. The Kier molecular flexibility index (Phi) is 3.53. The molecule has 0 aromatic heterocycles. The van der Waals surface area contributed by atoms with E-state index in [0.29, 0.717) is 6.04 Å². The van der Waals surface area contributed by atoms with Crippen LogP contribution in [0.15, 0.2) is 0 Å². The average Bonchev–Trinajstić information content (AvgIpc) is 1.97. The number of nitrogens with two attached hydrogens (primary N) is 1. The van der Waals surface area contributed by atoms with Crippen molar-refractivity contribution in [2.45, 2.75) is 58.2 Å². The van der Waals surface area contributed by atoms with Crippen LogP contribution < -0.4 is 5.73 Å². The van der Waals surface area contributed by atoms with Crippen LogP contribution in [0.2, 0.25) is 0 Å². The second-order valence-electron chi connectivity index (χ2n) is 4.30. The molecule has 0 aliphatic carbocycles. The third-order valence-electron chi connectivity index (χ3n) is 2.87. The van der Waals surface area contributed by atoms with E-state index in [4.69, 9.17) is 5.73 Å². The van der Waals surface area contributed by atoms with Gasteiger partial charge in [0.25, 0.3) is 0 Å². The van der Waals surface area contributed by atoms with Crippen LogP contribution in [0.4, 0.5) is 0 Å². The van der Waals surface area contributed by atoms with E-state index in [1.165, 1.54) is 19.3 Å². The molecule has 1 heterocycles. The predicted octanol–water partition coefficient (Wildman–Crippen LogP) is 1.60. The molecule has 12 heavy (non-hydrogen) atoms. The fraction of sp³-hybridized carbons (Fsp3) is 1.00. The summed E-state index contributed by atoms with van der Waals surface area (Å²) in [7, 11) is 0. The molecule has 1 aliphatic heterocycles. The lowest BCUT2D eigenvalue weighted by Gasteiger charge is -2.39. The Bertz CT molecular complexity index is 124. The van der Waals surface area contributed by atoms with Crippen molar-refractivity contribution in [3.05, 3.63) is 0 Å². The summed E-state index contributed by atoms with van der Waals surface area (Å²) in [6.07, 6.45) is 4.08. The fourth-order valence-electron chi connectivity index (χ4n) is 2.17. The lowest BCUT2D eigenvalue weighted by atomic mass is 9.97. The zero-order valence-electron chi connectivity index (χ0n) is 8.59. The fourth-order valence-corrected chi connectivity index (χ4v) is 2.17. The van der Waals surface area contributed by atoms with Gasteiger partial charge in [0.05, 0.1) is 0 Å². The predicted molar refractivity (Wildman–Crippen MR) is 53.1 cm³/mol. The first-order chi connectivity index (χ1) is 5.61. The van der Waals surface area contributed by atoms with Crippen LogP contribution in [0, 0.1) is 0 Å². The molecule has 3 unspecified atom stereocenters. The van der Waals surface area contributed by atoms with Gasteiger partial charge in [0.1, 0.15) is 0 Å². The van der Waals surface area contributed by atoms with Crippen LogP contribution in [-0.2, 0) is 0 Å². The molecule has 0 amide bonds. The highest BCUT2D eigenvalue weighted by Crippen LogP contribution is 2.21. The van der Waals surface area contributed by atoms with Gasteiger partial charge < -0.3 is 5.73 Å². The SMILES string of the molecule is CC(N)CN1C(C)CCCC1C. The summed E-state index contributed by atoms with van der Waals surface area (Å²) in [4.78, 5) is 2.55. The maximum absolute atomic E-state index is 5.81. The van der Waals surface area contributed by atoms with Crippen molar-refractivity contribution in [3.63, 3.8) is 0 Å². The smallest absolute Gasteiger partial charge is 0.0139 e. The summed E-state index contributed by atoms with van der Waals surface area (Å²) in [5.41, 5.74) is 5.81. The van der Waals surface area contributed by atoms with Gasteiger partial charge in [-0.2, -0.15) is 0 Å². The molecule has 72 valence electrons. The summed E-state index contributed by atoms with van der Waals surface area (Å²) < 4.78 is 0. The molecule has 0 bridgehead atoms. The second kappa shape index (κ2) is 4.24. The summed E-state index contributed by atoms with van der Waals surface area (Å²) in [6, 6.07) is 1.78. The highest BCUT2D eigenvalue weighted by Gasteiger charge is 2.24. The Morgan fingerprint density at radius 1 is 1.33 bits per heavy atom. The van der Waals surface area contributed by atoms with E-state index in [9.17, 15) is 0 Å². The molecular formula is C10H22N2. The van der Waals surface area contributed by atoms with E-state index in [1.54, 1.807) is 0 Å². The summed E-state index contributed by atoms with van der Waals surface area (Å²) in [5.74, 6) is 0. The summed E-state index contributed by atoms with van der Waals surface area (Å²) >= 11 is 0. The minimum atomic E-state index is 0.313. The largest absolute Gasteiger partial charge is 0.327 e. The molecule has 0 radical (unpaired) electrons. The van der Waals surface area contributed by atoms with Crippen molar-refractivity contribution >= 4 is 0 Å². The van der Waals surface area contributed by atoms with Gasteiger partial charge in [-0.3, -0.25) is 4.90 Å². The highest BCUT2D eigenvalue weighted by atomic mass is 15.2. The van der Waals surface area contributed by atoms with E-state index in [2.05, 4.69) is 25.7 Å². The Labute approximate surface area is 76.1 Å². The molecule has 0 saturated carbocycles. The number of hydrogen-bond donors (Lipinski definition) is 1. The average molecular weight is 170 g/mol. The van der Waals surface area contributed by atoms with Crippen molar-refractivity contribution in [1.82, 2.24) is 4.90 Å². The molecule has 2 N–H and O–H groups in total. The minimum absolute atomic E-state index is 0.313. The first-order valence-electron chi connectivity index (χ1n) is 5.12. The summed E-state index contributed by atoms with van der Waals surface area (Å²) in [6.45, 7) is 7.78. The summed E-state index contributed by atoms with van der Waals surface area (Å²) in [5, 5.41) is 0. The normalized spacial score (nSPS) is 35.0. The van der Waals surface area contributed by atoms with Gasteiger partial charge in [0.2, 0.25) is 0 Å². The van der Waals surface area contributed by atoms with Crippen LogP contribution in [0.1, 0.15) is 40.0 Å². The maximum Gasteiger partial charge on any atom is 0.0139 e. The van der Waals surface area contributed by atoms with Gasteiger partial charge in [-0.05, 0) is 33.6 Å². The van der Waals surface area contributed by atoms with Crippen molar-refractivity contribution in [3.8, 4) is 0 Å². The first kappa shape index (κ1) is 10.0. The Balaban J connectivity index is 2.45. The third kappa shape index (κ3) is 2.46. The molecule has 1 rings (SSSR count). The van der Waals surface area contributed by atoms with Crippen LogP contribution in [0.3, 0.4) is 0 Å². The van der Waals surface area contributed by atoms with Gasteiger partial charge in [-0.25, -0.2) is 0 Å². The first-order valence-corrected chi connectivity index (χ1v) is 5.12. The van der Waals surface area contributed by atoms with Crippen molar-refractivity contribution in [1.29, 1.82) is 0 Å². The standard InChI is InChI=1S/C10H22N2/c1-8(11)7-12-9(2)5-4-6-10(12)3/h8-10H,4-7,11H2,1-3H3. The number of likely N-dealkylation sites (tertiary alicyclic amines) is 1. The van der Waals surface area contributed by atoms with E-state index in [-0.39, 0.29) is 0 Å². The molecular weight excluding hydrogens is 148 g/mol. The lowest BCUT2D eigenvalue weighted by molar-refractivity contribution is 0.0981. The molecule has 2 heteroatoms. The maximum atomic E-state index is 5.81. The molecule has 1 saturated heterocycles. The highest BCUT2D eigenvalue weighted by molar-refractivity contribution is 4.81. The Hall–Kier alpha value is -0.0800. The van der Waals surface area contributed by atoms with E-state index < -0.39 is 0 Å². The van der Waals surface area contributed by atoms with E-state index in [0.717, 1.165) is 18.6 Å². The number of hydrogen-bond acceptors (Lipinski definition) is 2. The molecule has 0 spiro atoms. The van der Waals surface area contributed by atoms with Crippen LogP contribution >= 0.6 is 0 Å². The molecule has 0 aromatic carbocycles. The molecule has 0 aromatic rings. The van der Waals surface area contributed by atoms with Crippen LogP contribution in [0.25, 0.3) is 0 Å². The Morgan fingerprint density at radius 2 is 1.83 bits per heavy atom. The van der Waals surface area contributed by atoms with Gasteiger partial charge in [-0.15, -0.1) is 0 Å². The number of rotatable bonds is 2. The number of nitrogens with zero attached hydrogens (tertiary/aromatic N) is 1. The Morgan fingerprint density at radius 3 is 2.25 bits per heavy atom. The quantitative estimate of drug-likeness (QED) is 0.682. The zero-order chi connectivity index (χ0) is 9.14. The molecule has 1 aliphatic rings. The van der Waals surface area contributed by atoms with Crippen molar-refractivity contribution < 1.29 is 0 Å². The molecule has 1 fully saturated rings. The van der Waals surface area contributed by atoms with Gasteiger partial charge >= 0.3 is 0 Å². The number of piperidine rings is 1.